The maximum atomic E-state index is 12.7. The summed E-state index contributed by atoms with van der Waals surface area (Å²) in [5, 5.41) is 6.55. The van der Waals surface area contributed by atoms with Gasteiger partial charge in [-0.2, -0.15) is 5.10 Å². The Morgan fingerprint density at radius 1 is 1.04 bits per heavy atom. The van der Waals surface area contributed by atoms with Gasteiger partial charge < -0.3 is 9.80 Å². The van der Waals surface area contributed by atoms with Crippen molar-refractivity contribution in [2.24, 2.45) is 7.05 Å². The molecule has 0 aliphatic carbocycles. The Morgan fingerprint density at radius 3 is 2.67 bits per heavy atom. The molecule has 0 radical (unpaired) electrons. The molecule has 0 atom stereocenters. The van der Waals surface area contributed by atoms with E-state index in [4.69, 9.17) is 4.98 Å². The van der Waals surface area contributed by atoms with E-state index in [2.05, 4.69) is 21.9 Å². The van der Waals surface area contributed by atoms with Crippen molar-refractivity contribution in [2.45, 2.75) is 0 Å². The van der Waals surface area contributed by atoms with Gasteiger partial charge in [0.25, 0.3) is 5.56 Å². The van der Waals surface area contributed by atoms with E-state index in [0.29, 0.717) is 5.69 Å². The van der Waals surface area contributed by atoms with Crippen LogP contribution >= 0.6 is 11.3 Å². The van der Waals surface area contributed by atoms with E-state index in [-0.39, 0.29) is 5.56 Å². The normalized spacial score (nSPS) is 15.9. The Morgan fingerprint density at radius 2 is 1.85 bits per heavy atom. The molecule has 1 aromatic carbocycles. The van der Waals surface area contributed by atoms with Crippen LogP contribution in [0, 0.1) is 0 Å². The standard InChI is InChI=1S/C19H20N6OS/c1-22-5-7-24(8-6-22)18-12-25-17(26)10-16(20-19(25)27-18)13-3-4-15-14(9-13)11-23(2)21-15/h3-4,9-12H,5-8H2,1-2H3. The number of rotatable bonds is 2. The van der Waals surface area contributed by atoms with Gasteiger partial charge in [-0.25, -0.2) is 4.98 Å². The molecule has 8 heteroatoms. The van der Waals surface area contributed by atoms with Crippen molar-refractivity contribution in [2.75, 3.05) is 38.1 Å². The van der Waals surface area contributed by atoms with Crippen LogP contribution in [-0.4, -0.2) is 57.3 Å². The second-order valence-corrected chi connectivity index (χ2v) is 8.06. The molecule has 0 amide bonds. The first-order valence-electron chi connectivity index (χ1n) is 8.97. The number of aromatic nitrogens is 4. The summed E-state index contributed by atoms with van der Waals surface area (Å²) < 4.78 is 3.45. The molecule has 4 heterocycles. The van der Waals surface area contributed by atoms with Crippen LogP contribution in [0.15, 0.2) is 41.5 Å². The largest absolute Gasteiger partial charge is 0.360 e. The van der Waals surface area contributed by atoms with Gasteiger partial charge in [-0.15, -0.1) is 0 Å². The van der Waals surface area contributed by atoms with E-state index in [9.17, 15) is 4.79 Å². The molecule has 7 nitrogen and oxygen atoms in total. The van der Waals surface area contributed by atoms with Crippen LogP contribution < -0.4 is 10.5 Å². The zero-order chi connectivity index (χ0) is 18.5. The van der Waals surface area contributed by atoms with Gasteiger partial charge in [-0.3, -0.25) is 13.9 Å². The van der Waals surface area contributed by atoms with Gasteiger partial charge in [0, 0.05) is 62.6 Å². The van der Waals surface area contributed by atoms with Gasteiger partial charge in [0.15, 0.2) is 4.96 Å². The molecule has 1 aliphatic rings. The number of hydrogen-bond acceptors (Lipinski definition) is 6. The summed E-state index contributed by atoms with van der Waals surface area (Å²) in [4.78, 5) is 22.8. The zero-order valence-corrected chi connectivity index (χ0v) is 16.1. The van der Waals surface area contributed by atoms with Crippen LogP contribution in [0.1, 0.15) is 0 Å². The Labute approximate surface area is 160 Å². The molecule has 4 aromatic rings. The molecule has 0 saturated carbocycles. The van der Waals surface area contributed by atoms with Gasteiger partial charge in [-0.1, -0.05) is 17.4 Å². The van der Waals surface area contributed by atoms with E-state index in [1.165, 1.54) is 0 Å². The lowest BCUT2D eigenvalue weighted by atomic mass is 10.1. The Kier molecular flexibility index (Phi) is 3.76. The molecule has 3 aromatic heterocycles. The van der Waals surface area contributed by atoms with E-state index in [1.807, 2.05) is 37.6 Å². The van der Waals surface area contributed by atoms with Gasteiger partial charge in [0.2, 0.25) is 0 Å². The minimum Gasteiger partial charge on any atom is -0.360 e. The highest BCUT2D eigenvalue weighted by atomic mass is 32.1. The first-order chi connectivity index (χ1) is 13.1. The third-order valence-corrected chi connectivity index (χ3v) is 6.13. The van der Waals surface area contributed by atoms with E-state index < -0.39 is 0 Å². The van der Waals surface area contributed by atoms with E-state index in [1.54, 1.807) is 26.5 Å². The molecule has 27 heavy (non-hydrogen) atoms. The van der Waals surface area contributed by atoms with Crippen molar-refractivity contribution in [1.82, 2.24) is 24.1 Å². The highest BCUT2D eigenvalue weighted by Crippen LogP contribution is 2.28. The zero-order valence-electron chi connectivity index (χ0n) is 15.3. The highest BCUT2D eigenvalue weighted by Gasteiger charge is 2.18. The molecule has 0 N–H and O–H groups in total. The van der Waals surface area contributed by atoms with Crippen LogP contribution in [0.5, 0.6) is 0 Å². The maximum absolute atomic E-state index is 12.7. The fraction of sp³-hybridized carbons (Fsp3) is 0.316. The lowest BCUT2D eigenvalue weighted by Gasteiger charge is -2.32. The van der Waals surface area contributed by atoms with Gasteiger partial charge >= 0.3 is 0 Å². The van der Waals surface area contributed by atoms with Crippen LogP contribution in [0.4, 0.5) is 5.00 Å². The summed E-state index contributed by atoms with van der Waals surface area (Å²) in [7, 11) is 4.04. The molecule has 1 saturated heterocycles. The predicted molar refractivity (Wildman–Crippen MR) is 109 cm³/mol. The average Bonchev–Trinajstić information content (AvgIpc) is 3.24. The summed E-state index contributed by atoms with van der Waals surface area (Å²) in [6, 6.07) is 7.60. The summed E-state index contributed by atoms with van der Waals surface area (Å²) in [6.45, 7) is 4.02. The number of benzene rings is 1. The van der Waals surface area contributed by atoms with Crippen molar-refractivity contribution in [1.29, 1.82) is 0 Å². The summed E-state index contributed by atoms with van der Waals surface area (Å²) in [5.74, 6) is 0. The van der Waals surface area contributed by atoms with Gasteiger partial charge in [0.05, 0.1) is 11.2 Å². The molecule has 1 fully saturated rings. The monoisotopic (exact) mass is 380 g/mol. The Bertz CT molecular complexity index is 1200. The smallest absolute Gasteiger partial charge is 0.259 e. The molecule has 5 rings (SSSR count). The lowest BCUT2D eigenvalue weighted by molar-refractivity contribution is 0.313. The molecule has 0 unspecified atom stereocenters. The first-order valence-corrected chi connectivity index (χ1v) is 9.79. The average molecular weight is 380 g/mol. The number of fused-ring (bicyclic) bond motifs is 2. The van der Waals surface area contributed by atoms with Gasteiger partial charge in [0.1, 0.15) is 5.00 Å². The van der Waals surface area contributed by atoms with Crippen molar-refractivity contribution >= 4 is 32.2 Å². The second kappa shape index (κ2) is 6.17. The van der Waals surface area contributed by atoms with Crippen molar-refractivity contribution < 1.29 is 0 Å². The summed E-state index contributed by atoms with van der Waals surface area (Å²) in [6.07, 6.45) is 3.90. The fourth-order valence-corrected chi connectivity index (χ4v) is 4.56. The molecule has 0 spiro atoms. The Hall–Kier alpha value is -2.71. The van der Waals surface area contributed by atoms with Crippen molar-refractivity contribution in [3.8, 4) is 11.3 Å². The topological polar surface area (TPSA) is 58.7 Å². The fourth-order valence-electron chi connectivity index (χ4n) is 3.52. The minimum absolute atomic E-state index is 0.0436. The molecule has 0 bridgehead atoms. The third-order valence-electron chi connectivity index (χ3n) is 5.08. The number of aryl methyl sites for hydroxylation is 1. The number of thiazole rings is 1. The van der Waals surface area contributed by atoms with Crippen LogP contribution in [-0.2, 0) is 7.05 Å². The number of nitrogens with zero attached hydrogens (tertiary/aromatic N) is 6. The summed E-state index contributed by atoms with van der Waals surface area (Å²) in [5.41, 5.74) is 2.53. The maximum Gasteiger partial charge on any atom is 0.259 e. The van der Waals surface area contributed by atoms with E-state index >= 15 is 0 Å². The molecular formula is C19H20N6OS. The molecule has 1 aliphatic heterocycles. The quantitative estimate of drug-likeness (QED) is 0.533. The minimum atomic E-state index is -0.0436. The SMILES string of the molecule is CN1CCN(c2cn3c(=O)cc(-c4ccc5nn(C)cc5c4)nc3s2)CC1. The van der Waals surface area contributed by atoms with Crippen LogP contribution in [0.3, 0.4) is 0 Å². The lowest BCUT2D eigenvalue weighted by Crippen LogP contribution is -2.44. The van der Waals surface area contributed by atoms with Gasteiger partial charge in [-0.05, 0) is 19.2 Å². The number of anilines is 1. The number of hydrogen-bond donors (Lipinski definition) is 0. The molecular weight excluding hydrogens is 360 g/mol. The van der Waals surface area contributed by atoms with Crippen molar-refractivity contribution in [3.05, 3.63) is 47.0 Å². The highest BCUT2D eigenvalue weighted by molar-refractivity contribution is 7.20. The predicted octanol–water partition coefficient (Wildman–Crippen LogP) is 2.06. The summed E-state index contributed by atoms with van der Waals surface area (Å²) >= 11 is 1.58. The molecule has 138 valence electrons. The van der Waals surface area contributed by atoms with Crippen LogP contribution in [0.25, 0.3) is 27.1 Å². The second-order valence-electron chi connectivity index (χ2n) is 7.07. The first kappa shape index (κ1) is 16.5. The Balaban J connectivity index is 1.56. The number of likely N-dealkylation sites (N-methyl/N-ethyl adjacent to an activating group) is 1. The van der Waals surface area contributed by atoms with E-state index in [0.717, 1.165) is 52.6 Å². The third kappa shape index (κ3) is 2.90. The number of piperazine rings is 1. The van der Waals surface area contributed by atoms with Crippen LogP contribution in [0.2, 0.25) is 0 Å². The van der Waals surface area contributed by atoms with Crippen molar-refractivity contribution in [3.63, 3.8) is 0 Å².